The van der Waals surface area contributed by atoms with Gasteiger partial charge in [0, 0.05) is 12.1 Å². The number of halogens is 1. The lowest BCUT2D eigenvalue weighted by Crippen LogP contribution is -2.38. The van der Waals surface area contributed by atoms with Crippen LogP contribution >= 0.6 is 0 Å². The van der Waals surface area contributed by atoms with Crippen molar-refractivity contribution in [2.24, 2.45) is 5.41 Å². The van der Waals surface area contributed by atoms with Gasteiger partial charge in [-0.2, -0.15) is 0 Å². The van der Waals surface area contributed by atoms with Crippen LogP contribution in [0.1, 0.15) is 78.3 Å². The Morgan fingerprint density at radius 1 is 1.05 bits per heavy atom. The average molecular weight is 293 g/mol. The highest BCUT2D eigenvalue weighted by molar-refractivity contribution is 5.21. The first-order chi connectivity index (χ1) is 9.84. The van der Waals surface area contributed by atoms with Crippen LogP contribution in [0.4, 0.5) is 4.39 Å². The average Bonchev–Trinajstić information content (AvgIpc) is 2.41. The molecule has 2 unspecified atom stereocenters. The first kappa shape index (κ1) is 18.2. The monoisotopic (exact) mass is 293 g/mol. The molecule has 0 spiro atoms. The van der Waals surface area contributed by atoms with E-state index >= 15 is 0 Å². The molecule has 2 atom stereocenters. The van der Waals surface area contributed by atoms with E-state index in [1.54, 1.807) is 12.1 Å². The molecule has 0 saturated heterocycles. The number of rotatable bonds is 8. The van der Waals surface area contributed by atoms with E-state index in [1.807, 2.05) is 12.1 Å². The van der Waals surface area contributed by atoms with Gasteiger partial charge >= 0.3 is 0 Å². The maximum atomic E-state index is 13.1. The normalized spacial score (nSPS) is 15.0. The van der Waals surface area contributed by atoms with E-state index < -0.39 is 0 Å². The number of nitrogens with one attached hydrogen (secondary N) is 1. The second-order valence-electron chi connectivity index (χ2n) is 7.27. The molecular formula is C19H32FN. The van der Waals surface area contributed by atoms with Crippen molar-refractivity contribution in [2.75, 3.05) is 0 Å². The van der Waals surface area contributed by atoms with Crippen molar-refractivity contribution >= 4 is 0 Å². The predicted octanol–water partition coefficient (Wildman–Crippen LogP) is 5.86. The minimum atomic E-state index is -0.168. The van der Waals surface area contributed by atoms with Gasteiger partial charge in [-0.05, 0) is 36.5 Å². The van der Waals surface area contributed by atoms with Crippen molar-refractivity contribution in [3.05, 3.63) is 35.6 Å². The van der Waals surface area contributed by atoms with Crippen LogP contribution in [0.25, 0.3) is 0 Å². The van der Waals surface area contributed by atoms with Gasteiger partial charge in [0.05, 0.1) is 0 Å². The molecule has 1 N–H and O–H groups in total. The minimum absolute atomic E-state index is 0.107. The summed E-state index contributed by atoms with van der Waals surface area (Å²) in [6.07, 6.45) is 6.41. The van der Waals surface area contributed by atoms with E-state index in [2.05, 4.69) is 39.9 Å². The maximum Gasteiger partial charge on any atom is 0.123 e. The molecule has 0 aliphatic carbocycles. The second-order valence-corrected chi connectivity index (χ2v) is 7.27. The Bertz CT molecular complexity index is 391. The van der Waals surface area contributed by atoms with Crippen molar-refractivity contribution in [3.63, 3.8) is 0 Å². The number of hydrogen-bond donors (Lipinski definition) is 1. The summed E-state index contributed by atoms with van der Waals surface area (Å²) in [5, 5.41) is 3.75. The largest absolute Gasteiger partial charge is 0.307 e. The molecule has 1 aromatic carbocycles. The lowest BCUT2D eigenvalue weighted by atomic mass is 9.81. The van der Waals surface area contributed by atoms with E-state index in [9.17, 15) is 4.39 Å². The highest BCUT2D eigenvalue weighted by Crippen LogP contribution is 2.33. The number of hydrogen-bond acceptors (Lipinski definition) is 1. The standard InChI is InChI=1S/C19H32FN/c1-6-7-8-9-10-15(2)21-18(19(3,4)5)16-11-13-17(20)14-12-16/h11-15,18,21H,6-10H2,1-5H3. The summed E-state index contributed by atoms with van der Waals surface area (Å²) in [6, 6.07) is 7.66. The lowest BCUT2D eigenvalue weighted by molar-refractivity contribution is 0.247. The third-order valence-electron chi connectivity index (χ3n) is 4.01. The van der Waals surface area contributed by atoms with Crippen molar-refractivity contribution < 1.29 is 4.39 Å². The number of benzene rings is 1. The van der Waals surface area contributed by atoms with E-state index in [4.69, 9.17) is 0 Å². The van der Waals surface area contributed by atoms with E-state index in [-0.39, 0.29) is 17.3 Å². The lowest BCUT2D eigenvalue weighted by Gasteiger charge is -2.34. The van der Waals surface area contributed by atoms with Crippen molar-refractivity contribution in [1.82, 2.24) is 5.32 Å². The molecule has 0 heterocycles. The summed E-state index contributed by atoms with van der Waals surface area (Å²) in [5.41, 5.74) is 1.28. The van der Waals surface area contributed by atoms with Crippen LogP contribution < -0.4 is 5.32 Å². The van der Waals surface area contributed by atoms with Crippen LogP contribution in [-0.4, -0.2) is 6.04 Å². The van der Waals surface area contributed by atoms with Crippen LogP contribution in [0, 0.1) is 11.2 Å². The van der Waals surface area contributed by atoms with Gasteiger partial charge in [0.2, 0.25) is 0 Å². The molecule has 0 aromatic heterocycles. The van der Waals surface area contributed by atoms with Gasteiger partial charge in [0.15, 0.2) is 0 Å². The predicted molar refractivity (Wildman–Crippen MR) is 90.0 cm³/mol. The quantitative estimate of drug-likeness (QED) is 0.592. The van der Waals surface area contributed by atoms with Crippen LogP contribution in [0.2, 0.25) is 0 Å². The molecule has 0 amide bonds. The fourth-order valence-corrected chi connectivity index (χ4v) is 2.75. The summed E-state index contributed by atoms with van der Waals surface area (Å²) in [4.78, 5) is 0. The third kappa shape index (κ3) is 6.60. The Balaban J connectivity index is 2.65. The first-order valence-corrected chi connectivity index (χ1v) is 8.36. The zero-order valence-electron chi connectivity index (χ0n) is 14.4. The van der Waals surface area contributed by atoms with Crippen molar-refractivity contribution in [2.45, 2.75) is 78.8 Å². The summed E-state index contributed by atoms with van der Waals surface area (Å²) < 4.78 is 13.1. The van der Waals surface area contributed by atoms with Gasteiger partial charge in [-0.3, -0.25) is 0 Å². The van der Waals surface area contributed by atoms with Gasteiger partial charge in [0.25, 0.3) is 0 Å². The first-order valence-electron chi connectivity index (χ1n) is 8.36. The molecule has 0 radical (unpaired) electrons. The van der Waals surface area contributed by atoms with Gasteiger partial charge in [0.1, 0.15) is 5.82 Å². The summed E-state index contributed by atoms with van der Waals surface area (Å²) in [5.74, 6) is -0.168. The van der Waals surface area contributed by atoms with Crippen LogP contribution in [-0.2, 0) is 0 Å². The van der Waals surface area contributed by atoms with Gasteiger partial charge in [-0.25, -0.2) is 4.39 Å². The maximum absolute atomic E-state index is 13.1. The Morgan fingerprint density at radius 2 is 1.67 bits per heavy atom. The molecular weight excluding hydrogens is 261 g/mol. The highest BCUT2D eigenvalue weighted by atomic mass is 19.1. The smallest absolute Gasteiger partial charge is 0.123 e. The molecule has 0 bridgehead atoms. The molecule has 2 heteroatoms. The fourth-order valence-electron chi connectivity index (χ4n) is 2.75. The zero-order chi connectivity index (χ0) is 15.9. The minimum Gasteiger partial charge on any atom is -0.307 e. The summed E-state index contributed by atoms with van der Waals surface area (Å²) in [7, 11) is 0. The molecule has 0 saturated carbocycles. The molecule has 1 nitrogen and oxygen atoms in total. The Kier molecular flexibility index (Phi) is 7.37. The molecule has 0 aliphatic heterocycles. The fraction of sp³-hybridized carbons (Fsp3) is 0.684. The Hall–Kier alpha value is -0.890. The Morgan fingerprint density at radius 3 is 2.19 bits per heavy atom. The van der Waals surface area contributed by atoms with Crippen molar-refractivity contribution in [3.8, 4) is 0 Å². The van der Waals surface area contributed by atoms with E-state index in [1.165, 1.54) is 37.7 Å². The molecule has 1 rings (SSSR count). The molecule has 0 aliphatic rings. The van der Waals surface area contributed by atoms with Gasteiger partial charge in [-0.1, -0.05) is 65.5 Å². The third-order valence-corrected chi connectivity index (χ3v) is 4.01. The van der Waals surface area contributed by atoms with Crippen LogP contribution in [0.15, 0.2) is 24.3 Å². The van der Waals surface area contributed by atoms with Gasteiger partial charge < -0.3 is 5.32 Å². The number of unbranched alkanes of at least 4 members (excludes halogenated alkanes) is 3. The van der Waals surface area contributed by atoms with Crippen LogP contribution in [0.5, 0.6) is 0 Å². The molecule has 0 fully saturated rings. The highest BCUT2D eigenvalue weighted by Gasteiger charge is 2.27. The summed E-state index contributed by atoms with van der Waals surface area (Å²) >= 11 is 0. The molecule has 120 valence electrons. The summed E-state index contributed by atoms with van der Waals surface area (Å²) in [6.45, 7) is 11.2. The van der Waals surface area contributed by atoms with E-state index in [0.717, 1.165) is 0 Å². The second kappa shape index (κ2) is 8.53. The molecule has 21 heavy (non-hydrogen) atoms. The molecule has 1 aromatic rings. The SMILES string of the molecule is CCCCCCC(C)NC(c1ccc(F)cc1)C(C)(C)C. The Labute approximate surface area is 130 Å². The van der Waals surface area contributed by atoms with Gasteiger partial charge in [-0.15, -0.1) is 0 Å². The van der Waals surface area contributed by atoms with Crippen molar-refractivity contribution in [1.29, 1.82) is 0 Å². The van der Waals surface area contributed by atoms with Crippen LogP contribution in [0.3, 0.4) is 0 Å². The van der Waals surface area contributed by atoms with E-state index in [0.29, 0.717) is 6.04 Å². The topological polar surface area (TPSA) is 12.0 Å². The zero-order valence-corrected chi connectivity index (χ0v) is 14.4.